The molecule has 0 aliphatic rings. The third kappa shape index (κ3) is 4.75. The quantitative estimate of drug-likeness (QED) is 0.496. The topological polar surface area (TPSA) is 78.8 Å². The van der Waals surface area contributed by atoms with E-state index in [1.807, 2.05) is 0 Å². The Bertz CT molecular complexity index is 538. The van der Waals surface area contributed by atoms with Gasteiger partial charge in [-0.25, -0.2) is 0 Å². The molecule has 19 heavy (non-hydrogen) atoms. The van der Waals surface area contributed by atoms with Crippen molar-refractivity contribution >= 4 is 29.3 Å². The van der Waals surface area contributed by atoms with Gasteiger partial charge in [-0.05, 0) is 38.1 Å². The first kappa shape index (κ1) is 14.6. The summed E-state index contributed by atoms with van der Waals surface area (Å²) in [5, 5.41) is 12.0. The van der Waals surface area contributed by atoms with Gasteiger partial charge in [-0.15, -0.1) is 0 Å². The van der Waals surface area contributed by atoms with Crippen LogP contribution in [-0.4, -0.2) is 23.0 Å². The predicted molar refractivity (Wildman–Crippen MR) is 74.9 cm³/mol. The molecule has 2 N–H and O–H groups in total. The zero-order chi connectivity index (χ0) is 14.4. The van der Waals surface area contributed by atoms with Gasteiger partial charge in [0.25, 0.3) is 0 Å². The van der Waals surface area contributed by atoms with Crippen molar-refractivity contribution in [2.45, 2.75) is 20.8 Å². The van der Waals surface area contributed by atoms with Gasteiger partial charge in [0.2, 0.25) is 5.91 Å². The number of nitrogens with zero attached hydrogens (tertiary/aromatic N) is 1. The summed E-state index contributed by atoms with van der Waals surface area (Å²) in [6, 6.07) is 6.81. The summed E-state index contributed by atoms with van der Waals surface area (Å²) in [6.07, 6.45) is 1.32. The van der Waals surface area contributed by atoms with Gasteiger partial charge < -0.3 is 10.4 Å². The number of amides is 1. The van der Waals surface area contributed by atoms with Crippen LogP contribution >= 0.6 is 0 Å². The van der Waals surface area contributed by atoms with E-state index in [0.29, 0.717) is 11.4 Å². The second-order valence-electron chi connectivity index (χ2n) is 4.04. The van der Waals surface area contributed by atoms with Crippen molar-refractivity contribution in [1.82, 2.24) is 0 Å². The van der Waals surface area contributed by atoms with Crippen LogP contribution in [0.1, 0.15) is 20.8 Å². The van der Waals surface area contributed by atoms with E-state index in [4.69, 9.17) is 0 Å². The zero-order valence-corrected chi connectivity index (χ0v) is 11.1. The number of carbonyl (C=O) groups excluding carboxylic acids is 2. The van der Waals surface area contributed by atoms with Crippen molar-refractivity contribution in [3.05, 3.63) is 35.6 Å². The number of anilines is 1. The minimum Gasteiger partial charge on any atom is -0.512 e. The summed E-state index contributed by atoms with van der Waals surface area (Å²) in [5.74, 6) is -0.460. The van der Waals surface area contributed by atoms with Crippen LogP contribution in [0.3, 0.4) is 0 Å². The molecule has 1 aromatic carbocycles. The Morgan fingerprint density at radius 1 is 1.16 bits per heavy atom. The molecule has 0 aromatic heterocycles. The highest BCUT2D eigenvalue weighted by Gasteiger charge is 2.04. The molecule has 5 nitrogen and oxygen atoms in total. The summed E-state index contributed by atoms with van der Waals surface area (Å²) in [4.78, 5) is 26.2. The number of hydrogen-bond acceptors (Lipinski definition) is 4. The fourth-order valence-electron chi connectivity index (χ4n) is 1.41. The van der Waals surface area contributed by atoms with Crippen molar-refractivity contribution in [2.24, 2.45) is 4.99 Å². The van der Waals surface area contributed by atoms with Crippen molar-refractivity contribution in [3.8, 4) is 0 Å². The molecule has 0 aliphatic carbocycles. The molecule has 1 amide bonds. The van der Waals surface area contributed by atoms with Gasteiger partial charge in [0.15, 0.2) is 5.78 Å². The number of benzene rings is 1. The van der Waals surface area contributed by atoms with Gasteiger partial charge in [-0.3, -0.25) is 14.6 Å². The van der Waals surface area contributed by atoms with E-state index in [2.05, 4.69) is 10.3 Å². The maximum absolute atomic E-state index is 11.2. The van der Waals surface area contributed by atoms with E-state index in [9.17, 15) is 14.7 Å². The lowest BCUT2D eigenvalue weighted by Gasteiger charge is -2.02. The number of hydrogen-bond donors (Lipinski definition) is 2. The van der Waals surface area contributed by atoms with Gasteiger partial charge in [-0.2, -0.15) is 0 Å². The van der Waals surface area contributed by atoms with Crippen LogP contribution in [0.2, 0.25) is 0 Å². The van der Waals surface area contributed by atoms with E-state index in [-0.39, 0.29) is 23.0 Å². The van der Waals surface area contributed by atoms with Crippen molar-refractivity contribution in [3.63, 3.8) is 0 Å². The Morgan fingerprint density at radius 2 is 1.74 bits per heavy atom. The average molecular weight is 260 g/mol. The summed E-state index contributed by atoms with van der Waals surface area (Å²) in [5.41, 5.74) is 1.46. The van der Waals surface area contributed by atoms with E-state index in [0.717, 1.165) is 0 Å². The maximum Gasteiger partial charge on any atom is 0.221 e. The molecule has 0 aliphatic heterocycles. The van der Waals surface area contributed by atoms with Gasteiger partial charge in [0, 0.05) is 18.8 Å². The second kappa shape index (κ2) is 6.49. The molecule has 0 saturated heterocycles. The third-order valence-corrected chi connectivity index (χ3v) is 2.30. The second-order valence-corrected chi connectivity index (χ2v) is 4.04. The molecule has 0 unspecified atom stereocenters. The van der Waals surface area contributed by atoms with Gasteiger partial charge in [-0.1, -0.05) is 0 Å². The molecule has 5 heteroatoms. The fraction of sp³-hybridized carbons (Fsp3) is 0.214. The number of nitrogens with one attached hydrogen (secondary N) is 1. The van der Waals surface area contributed by atoms with Crippen LogP contribution in [0.15, 0.2) is 40.6 Å². The Balaban J connectivity index is 2.86. The van der Waals surface area contributed by atoms with E-state index >= 15 is 0 Å². The smallest absolute Gasteiger partial charge is 0.221 e. The number of allylic oxidation sites excluding steroid dienone is 2. The van der Waals surface area contributed by atoms with Crippen LogP contribution in [0.4, 0.5) is 11.4 Å². The first-order valence-corrected chi connectivity index (χ1v) is 5.72. The number of rotatable bonds is 4. The maximum atomic E-state index is 11.2. The van der Waals surface area contributed by atoms with Crippen LogP contribution < -0.4 is 5.32 Å². The lowest BCUT2D eigenvalue weighted by molar-refractivity contribution is -0.114. The number of aliphatic hydroxyl groups is 1. The number of ketones is 1. The van der Waals surface area contributed by atoms with Crippen molar-refractivity contribution in [1.29, 1.82) is 0 Å². The first-order chi connectivity index (χ1) is 8.90. The summed E-state index contributed by atoms with van der Waals surface area (Å²) in [6.45, 7) is 4.23. The molecule has 0 radical (unpaired) electrons. The molecular weight excluding hydrogens is 244 g/mol. The summed E-state index contributed by atoms with van der Waals surface area (Å²) in [7, 11) is 0. The van der Waals surface area contributed by atoms with Crippen LogP contribution in [0.5, 0.6) is 0 Å². The minimum absolute atomic E-state index is 0.0638. The minimum atomic E-state index is -0.251. The zero-order valence-electron chi connectivity index (χ0n) is 11.1. The molecule has 0 atom stereocenters. The molecule has 0 heterocycles. The largest absolute Gasteiger partial charge is 0.512 e. The number of aliphatic hydroxyl groups excluding tert-OH is 1. The fourth-order valence-corrected chi connectivity index (χ4v) is 1.41. The normalized spacial score (nSPS) is 12.2. The molecule has 0 fully saturated rings. The number of Topliss-reactive ketones (excluding diaryl/α,β-unsaturated/α-hetero) is 1. The highest BCUT2D eigenvalue weighted by atomic mass is 16.3. The summed E-state index contributed by atoms with van der Waals surface area (Å²) >= 11 is 0. The molecule has 0 bridgehead atoms. The van der Waals surface area contributed by atoms with Crippen LogP contribution in [0.25, 0.3) is 0 Å². The lowest BCUT2D eigenvalue weighted by atomic mass is 10.2. The Kier molecular flexibility index (Phi) is 5.00. The van der Waals surface area contributed by atoms with Gasteiger partial charge >= 0.3 is 0 Å². The molecule has 1 rings (SSSR count). The average Bonchev–Trinajstić information content (AvgIpc) is 2.29. The monoisotopic (exact) mass is 260 g/mol. The summed E-state index contributed by atoms with van der Waals surface area (Å²) < 4.78 is 0. The lowest BCUT2D eigenvalue weighted by Crippen LogP contribution is -2.05. The molecular formula is C14H16N2O3. The molecule has 0 saturated carbocycles. The van der Waals surface area contributed by atoms with E-state index < -0.39 is 0 Å². The van der Waals surface area contributed by atoms with Crippen LogP contribution in [-0.2, 0) is 9.59 Å². The van der Waals surface area contributed by atoms with Gasteiger partial charge in [0.1, 0.15) is 5.76 Å². The molecule has 0 spiro atoms. The highest BCUT2D eigenvalue weighted by Crippen LogP contribution is 2.16. The molecule has 100 valence electrons. The van der Waals surface area contributed by atoms with Crippen molar-refractivity contribution < 1.29 is 14.7 Å². The van der Waals surface area contributed by atoms with Crippen LogP contribution in [0, 0.1) is 0 Å². The third-order valence-electron chi connectivity index (χ3n) is 2.30. The Morgan fingerprint density at radius 3 is 2.16 bits per heavy atom. The predicted octanol–water partition coefficient (Wildman–Crippen LogP) is 2.77. The Labute approximate surface area is 111 Å². The van der Waals surface area contributed by atoms with E-state index in [1.54, 1.807) is 24.3 Å². The van der Waals surface area contributed by atoms with Gasteiger partial charge in [0.05, 0.1) is 11.3 Å². The Hall–Kier alpha value is -2.43. The van der Waals surface area contributed by atoms with E-state index in [1.165, 1.54) is 27.0 Å². The number of aliphatic imine (C=N–C) groups is 1. The van der Waals surface area contributed by atoms with Crippen molar-refractivity contribution in [2.75, 3.05) is 5.32 Å². The highest BCUT2D eigenvalue weighted by molar-refractivity contribution is 6.12. The SMILES string of the molecule is CC(=O)Nc1ccc(N=CC(C(C)=O)=C(C)O)cc1. The standard InChI is InChI=1S/C14H16N2O3/c1-9(17)14(10(2)18)8-15-12-4-6-13(7-5-12)16-11(3)19/h4-8,17H,1-3H3,(H,16,19). The number of carbonyl (C=O) groups is 2. The first-order valence-electron chi connectivity index (χ1n) is 5.72. The molecule has 1 aromatic rings.